The molecule has 0 spiro atoms. The van der Waals surface area contributed by atoms with E-state index in [4.69, 9.17) is 0 Å². The Labute approximate surface area is 156 Å². The van der Waals surface area contributed by atoms with Crippen molar-refractivity contribution in [3.63, 3.8) is 0 Å². The summed E-state index contributed by atoms with van der Waals surface area (Å²) >= 11 is 0. The summed E-state index contributed by atoms with van der Waals surface area (Å²) in [4.78, 5) is 26.2. The number of nitrogens with one attached hydrogen (secondary N) is 2. The van der Waals surface area contributed by atoms with Crippen molar-refractivity contribution >= 4 is 22.5 Å². The molecule has 0 atom stereocenters. The number of hydrogen-bond donors (Lipinski definition) is 2. The number of quaternary nitrogens is 1. The molecule has 0 saturated carbocycles. The number of likely N-dealkylation sites (tertiary alicyclic amines) is 1. The van der Waals surface area contributed by atoms with Gasteiger partial charge in [-0.25, -0.2) is 0 Å². The van der Waals surface area contributed by atoms with E-state index in [1.807, 2.05) is 42.5 Å². The molecular weight excluding hydrogens is 342 g/mol. The highest BCUT2D eigenvalue weighted by atomic mass is 16.2. The third kappa shape index (κ3) is 3.88. The highest BCUT2D eigenvalue weighted by molar-refractivity contribution is 5.92. The number of piperidine rings is 1. The Balaban J connectivity index is 1.36. The van der Waals surface area contributed by atoms with Gasteiger partial charge in [-0.1, -0.05) is 35.5 Å². The molecule has 1 aromatic heterocycles. The highest BCUT2D eigenvalue weighted by Crippen LogP contribution is 2.14. The van der Waals surface area contributed by atoms with E-state index in [0.717, 1.165) is 31.6 Å². The third-order valence-electron chi connectivity index (χ3n) is 5.11. The van der Waals surface area contributed by atoms with Crippen LogP contribution in [0.3, 0.4) is 0 Å². The van der Waals surface area contributed by atoms with Gasteiger partial charge in [0.15, 0.2) is 6.67 Å². The Morgan fingerprint density at radius 2 is 1.78 bits per heavy atom. The smallest absolute Gasteiger partial charge is 0.282 e. The lowest BCUT2D eigenvalue weighted by Crippen LogP contribution is -3.12. The van der Waals surface area contributed by atoms with Gasteiger partial charge in [0.1, 0.15) is 5.52 Å². The number of rotatable bonds is 4. The largest absolute Gasteiger partial charge is 0.326 e. The number of nitrogens with zero attached hydrogens (tertiary/aromatic N) is 3. The lowest BCUT2D eigenvalue weighted by atomic mass is 9.96. The zero-order valence-electron chi connectivity index (χ0n) is 15.0. The van der Waals surface area contributed by atoms with Crippen molar-refractivity contribution in [1.29, 1.82) is 0 Å². The average Bonchev–Trinajstić information content (AvgIpc) is 2.71. The Kier molecular flexibility index (Phi) is 4.93. The minimum Gasteiger partial charge on any atom is -0.326 e. The van der Waals surface area contributed by atoms with Crippen molar-refractivity contribution in [2.45, 2.75) is 19.5 Å². The number of anilines is 1. The van der Waals surface area contributed by atoms with Crippen LogP contribution in [0.1, 0.15) is 12.8 Å². The van der Waals surface area contributed by atoms with Gasteiger partial charge < -0.3 is 10.2 Å². The van der Waals surface area contributed by atoms with Crippen molar-refractivity contribution < 1.29 is 9.69 Å². The molecule has 2 N–H and O–H groups in total. The van der Waals surface area contributed by atoms with Gasteiger partial charge in [-0.3, -0.25) is 9.59 Å². The molecule has 2 aromatic carbocycles. The fourth-order valence-corrected chi connectivity index (χ4v) is 3.55. The first-order valence-corrected chi connectivity index (χ1v) is 9.23. The molecule has 3 aromatic rings. The topological polar surface area (TPSA) is 81.3 Å². The Hall–Kier alpha value is -3.06. The van der Waals surface area contributed by atoms with Crippen LogP contribution < -0.4 is 15.8 Å². The average molecular weight is 364 g/mol. The maximum Gasteiger partial charge on any atom is 0.282 e. The number of para-hydroxylation sites is 1. The molecule has 7 heteroatoms. The van der Waals surface area contributed by atoms with Crippen LogP contribution in [0.2, 0.25) is 0 Å². The van der Waals surface area contributed by atoms with E-state index in [-0.39, 0.29) is 17.4 Å². The number of amides is 1. The number of aromatic nitrogens is 3. The molecule has 2 heterocycles. The predicted molar refractivity (Wildman–Crippen MR) is 102 cm³/mol. The molecule has 1 saturated heterocycles. The number of carbonyl (C=O) groups is 1. The number of hydrogen-bond acceptors (Lipinski definition) is 4. The van der Waals surface area contributed by atoms with Crippen molar-refractivity contribution in [1.82, 2.24) is 15.0 Å². The molecule has 4 rings (SSSR count). The Bertz CT molecular complexity index is 994. The van der Waals surface area contributed by atoms with Crippen molar-refractivity contribution in [2.24, 2.45) is 5.92 Å². The summed E-state index contributed by atoms with van der Waals surface area (Å²) in [5.74, 6) is 0.0799. The summed E-state index contributed by atoms with van der Waals surface area (Å²) in [5.41, 5.74) is 1.33. The standard InChI is InChI=1S/C20H21N5O2/c26-19(21-16-6-2-1-3-7-16)15-10-12-24(13-11-15)14-25-20(27)17-8-4-5-9-18(17)22-23-25/h1-9,15H,10-14H2,(H,21,26)/p+1. The predicted octanol–water partition coefficient (Wildman–Crippen LogP) is 0.683. The van der Waals surface area contributed by atoms with Crippen molar-refractivity contribution in [3.8, 4) is 0 Å². The molecule has 1 amide bonds. The fraction of sp³-hybridized carbons (Fsp3) is 0.300. The molecule has 1 fully saturated rings. The molecule has 0 radical (unpaired) electrons. The van der Waals surface area contributed by atoms with E-state index in [2.05, 4.69) is 15.6 Å². The molecule has 0 unspecified atom stereocenters. The van der Waals surface area contributed by atoms with E-state index < -0.39 is 0 Å². The van der Waals surface area contributed by atoms with Crippen molar-refractivity contribution in [3.05, 3.63) is 65.0 Å². The highest BCUT2D eigenvalue weighted by Gasteiger charge is 2.28. The van der Waals surface area contributed by atoms with Gasteiger partial charge in [-0.05, 0) is 24.3 Å². The summed E-state index contributed by atoms with van der Waals surface area (Å²) in [6.45, 7) is 2.13. The second-order valence-electron chi connectivity index (χ2n) is 6.95. The quantitative estimate of drug-likeness (QED) is 0.714. The maximum atomic E-state index is 12.6. The van der Waals surface area contributed by atoms with Gasteiger partial charge in [-0.2, -0.15) is 4.68 Å². The fourth-order valence-electron chi connectivity index (χ4n) is 3.55. The molecular formula is C20H22N5O2+. The molecule has 27 heavy (non-hydrogen) atoms. The summed E-state index contributed by atoms with van der Waals surface area (Å²) in [6, 6.07) is 16.8. The van der Waals surface area contributed by atoms with Gasteiger partial charge in [0.25, 0.3) is 5.56 Å². The van der Waals surface area contributed by atoms with Crippen LogP contribution in [0, 0.1) is 5.92 Å². The van der Waals surface area contributed by atoms with Crippen LogP contribution in [0.25, 0.3) is 10.9 Å². The second kappa shape index (κ2) is 7.67. The summed E-state index contributed by atoms with van der Waals surface area (Å²) < 4.78 is 1.43. The van der Waals surface area contributed by atoms with E-state index in [0.29, 0.717) is 17.6 Å². The summed E-state index contributed by atoms with van der Waals surface area (Å²) in [5, 5.41) is 11.8. The van der Waals surface area contributed by atoms with E-state index in [9.17, 15) is 9.59 Å². The molecule has 138 valence electrons. The Morgan fingerprint density at radius 3 is 2.56 bits per heavy atom. The minimum absolute atomic E-state index is 0.00775. The number of carbonyl (C=O) groups excluding carboxylic acids is 1. The van der Waals surface area contributed by atoms with Crippen LogP contribution in [0.5, 0.6) is 0 Å². The second-order valence-corrected chi connectivity index (χ2v) is 6.95. The lowest BCUT2D eigenvalue weighted by Gasteiger charge is -2.28. The lowest BCUT2D eigenvalue weighted by molar-refractivity contribution is -0.929. The monoisotopic (exact) mass is 364 g/mol. The number of fused-ring (bicyclic) bond motifs is 1. The first-order chi connectivity index (χ1) is 13.2. The zero-order valence-corrected chi connectivity index (χ0v) is 15.0. The van der Waals surface area contributed by atoms with E-state index in [1.165, 1.54) is 9.58 Å². The van der Waals surface area contributed by atoms with Crippen LogP contribution in [-0.2, 0) is 11.5 Å². The van der Waals surface area contributed by atoms with Gasteiger partial charge in [0.05, 0.1) is 18.5 Å². The first kappa shape index (κ1) is 17.4. The van der Waals surface area contributed by atoms with Gasteiger partial charge in [-0.15, -0.1) is 5.10 Å². The number of benzene rings is 2. The zero-order chi connectivity index (χ0) is 18.6. The first-order valence-electron chi connectivity index (χ1n) is 9.23. The SMILES string of the molecule is O=C(Nc1ccccc1)C1CC[NH+](Cn2nnc3ccccc3c2=O)CC1. The van der Waals surface area contributed by atoms with Gasteiger partial charge in [0.2, 0.25) is 5.91 Å². The third-order valence-corrected chi connectivity index (χ3v) is 5.11. The Morgan fingerprint density at radius 1 is 1.07 bits per heavy atom. The van der Waals surface area contributed by atoms with Crippen LogP contribution in [-0.4, -0.2) is 34.0 Å². The molecule has 0 bridgehead atoms. The summed E-state index contributed by atoms with van der Waals surface area (Å²) in [7, 11) is 0. The van der Waals surface area contributed by atoms with Crippen molar-refractivity contribution in [2.75, 3.05) is 18.4 Å². The van der Waals surface area contributed by atoms with E-state index >= 15 is 0 Å². The van der Waals surface area contributed by atoms with E-state index in [1.54, 1.807) is 12.1 Å². The van der Waals surface area contributed by atoms with Crippen LogP contribution in [0.15, 0.2) is 59.4 Å². The normalized spacial score (nSPS) is 19.7. The molecule has 1 aliphatic heterocycles. The van der Waals surface area contributed by atoms with Gasteiger partial charge in [0, 0.05) is 24.4 Å². The maximum absolute atomic E-state index is 12.6. The summed E-state index contributed by atoms with van der Waals surface area (Å²) in [6.07, 6.45) is 1.59. The molecule has 7 nitrogen and oxygen atoms in total. The van der Waals surface area contributed by atoms with Gasteiger partial charge >= 0.3 is 0 Å². The van der Waals surface area contributed by atoms with Crippen LogP contribution >= 0.6 is 0 Å². The molecule has 0 aliphatic carbocycles. The minimum atomic E-state index is -0.114. The van der Waals surface area contributed by atoms with Crippen LogP contribution in [0.4, 0.5) is 5.69 Å². The molecule has 1 aliphatic rings.